The van der Waals surface area contributed by atoms with Crippen LogP contribution in [0.1, 0.15) is 51.5 Å². The number of nitrogens with zero attached hydrogens (tertiary/aromatic N) is 1. The van der Waals surface area contributed by atoms with Crippen molar-refractivity contribution < 1.29 is 14.4 Å². The zero-order valence-electron chi connectivity index (χ0n) is 17.8. The first-order chi connectivity index (χ1) is 14.9. The molecule has 0 aliphatic carbocycles. The Morgan fingerprint density at radius 2 is 1.68 bits per heavy atom. The molecule has 2 heterocycles. The third-order valence-electron chi connectivity index (χ3n) is 4.83. The maximum absolute atomic E-state index is 12.1. The summed E-state index contributed by atoms with van der Waals surface area (Å²) in [5, 5.41) is 5.83. The standard InChI is InChI=1S/C24H26N2O3S2/c1-16-3-6-18(7-4-16)24-26-19(15-30-24)13-14-25-23(29)12-9-20(27)8-10-21(28)22-11-5-17(2)31-22/h3-7,11,15H,8-10,12-14H2,1-2H3,(H,25,29). The summed E-state index contributed by atoms with van der Waals surface area (Å²) in [6.07, 6.45) is 1.35. The highest BCUT2D eigenvalue weighted by Crippen LogP contribution is 2.24. The molecule has 0 saturated carbocycles. The molecule has 2 aromatic heterocycles. The minimum absolute atomic E-state index is 0.0100. The van der Waals surface area contributed by atoms with Crippen molar-refractivity contribution in [3.8, 4) is 10.6 Å². The summed E-state index contributed by atoms with van der Waals surface area (Å²) in [7, 11) is 0. The normalized spacial score (nSPS) is 10.8. The van der Waals surface area contributed by atoms with Crippen LogP contribution in [0.5, 0.6) is 0 Å². The Balaban J connectivity index is 1.32. The summed E-state index contributed by atoms with van der Waals surface area (Å²) in [5.41, 5.74) is 3.25. The molecule has 0 fully saturated rings. The number of carbonyl (C=O) groups excluding carboxylic acids is 3. The number of hydrogen-bond acceptors (Lipinski definition) is 6. The molecule has 31 heavy (non-hydrogen) atoms. The number of Topliss-reactive ketones (excluding diaryl/α,β-unsaturated/α-hetero) is 2. The number of carbonyl (C=O) groups is 3. The molecule has 3 rings (SSSR count). The van der Waals surface area contributed by atoms with Crippen LogP contribution in [0.3, 0.4) is 0 Å². The quantitative estimate of drug-likeness (QED) is 0.406. The van der Waals surface area contributed by atoms with Gasteiger partial charge in [-0.25, -0.2) is 4.98 Å². The van der Waals surface area contributed by atoms with Crippen molar-refractivity contribution in [1.29, 1.82) is 0 Å². The number of nitrogens with one attached hydrogen (secondary N) is 1. The molecule has 0 atom stereocenters. The van der Waals surface area contributed by atoms with Crippen LogP contribution in [-0.4, -0.2) is 29.0 Å². The van der Waals surface area contributed by atoms with Gasteiger partial charge in [0.05, 0.1) is 10.6 Å². The number of hydrogen-bond donors (Lipinski definition) is 1. The van der Waals surface area contributed by atoms with Crippen molar-refractivity contribution in [2.24, 2.45) is 0 Å². The Hall–Kier alpha value is -2.64. The highest BCUT2D eigenvalue weighted by Gasteiger charge is 2.13. The molecule has 1 N–H and O–H groups in total. The van der Waals surface area contributed by atoms with E-state index in [2.05, 4.69) is 41.5 Å². The molecule has 3 aromatic rings. The smallest absolute Gasteiger partial charge is 0.220 e. The topological polar surface area (TPSA) is 76.1 Å². The van der Waals surface area contributed by atoms with Crippen molar-refractivity contribution in [1.82, 2.24) is 10.3 Å². The van der Waals surface area contributed by atoms with E-state index in [1.165, 1.54) is 16.9 Å². The van der Waals surface area contributed by atoms with Gasteiger partial charge < -0.3 is 5.32 Å². The SMILES string of the molecule is Cc1ccc(-c2nc(CCNC(=O)CCC(=O)CCC(=O)c3ccc(C)s3)cs2)cc1. The Kier molecular flexibility index (Phi) is 8.26. The summed E-state index contributed by atoms with van der Waals surface area (Å²) in [4.78, 5) is 42.5. The molecule has 5 nitrogen and oxygen atoms in total. The van der Waals surface area contributed by atoms with Crippen molar-refractivity contribution in [2.75, 3.05) is 6.54 Å². The van der Waals surface area contributed by atoms with Gasteiger partial charge in [-0.2, -0.15) is 0 Å². The van der Waals surface area contributed by atoms with E-state index in [1.54, 1.807) is 17.4 Å². The monoisotopic (exact) mass is 454 g/mol. The molecule has 0 unspecified atom stereocenters. The van der Waals surface area contributed by atoms with Crippen LogP contribution in [0.15, 0.2) is 41.8 Å². The molecule has 0 spiro atoms. The average molecular weight is 455 g/mol. The van der Waals surface area contributed by atoms with Crippen LogP contribution in [0, 0.1) is 13.8 Å². The lowest BCUT2D eigenvalue weighted by molar-refractivity contribution is -0.125. The number of thiophene rings is 1. The molecule has 0 saturated heterocycles. The Bertz CT molecular complexity index is 1050. The maximum Gasteiger partial charge on any atom is 0.220 e. The fraction of sp³-hybridized carbons (Fsp3) is 0.333. The lowest BCUT2D eigenvalue weighted by atomic mass is 10.1. The molecule has 0 aliphatic rings. The predicted octanol–water partition coefficient (Wildman–Crippen LogP) is 5.16. The van der Waals surface area contributed by atoms with Crippen LogP contribution < -0.4 is 5.32 Å². The van der Waals surface area contributed by atoms with E-state index in [0.717, 1.165) is 21.1 Å². The zero-order chi connectivity index (χ0) is 22.2. The molecule has 162 valence electrons. The van der Waals surface area contributed by atoms with Gasteiger partial charge in [-0.15, -0.1) is 22.7 Å². The second kappa shape index (κ2) is 11.1. The summed E-state index contributed by atoms with van der Waals surface area (Å²) in [6, 6.07) is 12.0. The lowest BCUT2D eigenvalue weighted by Gasteiger charge is -2.04. The van der Waals surface area contributed by atoms with Gasteiger partial charge >= 0.3 is 0 Å². The van der Waals surface area contributed by atoms with E-state index in [4.69, 9.17) is 0 Å². The molecule has 0 radical (unpaired) electrons. The first-order valence-electron chi connectivity index (χ1n) is 10.3. The molecular formula is C24H26N2O3S2. The number of amides is 1. The van der Waals surface area contributed by atoms with Gasteiger partial charge in [0.15, 0.2) is 5.78 Å². The minimum atomic E-state index is -0.150. The fourth-order valence-corrected chi connectivity index (χ4v) is 4.70. The number of thiazole rings is 1. The number of benzene rings is 1. The van der Waals surface area contributed by atoms with Gasteiger partial charge in [0.1, 0.15) is 10.8 Å². The second-order valence-electron chi connectivity index (χ2n) is 7.48. The largest absolute Gasteiger partial charge is 0.356 e. The lowest BCUT2D eigenvalue weighted by Crippen LogP contribution is -2.26. The van der Waals surface area contributed by atoms with Gasteiger partial charge in [0, 0.05) is 54.5 Å². The number of rotatable bonds is 11. The first-order valence-corrected chi connectivity index (χ1v) is 12.0. The van der Waals surface area contributed by atoms with Crippen LogP contribution in [0.25, 0.3) is 10.6 Å². The van der Waals surface area contributed by atoms with Crippen molar-refractivity contribution in [2.45, 2.75) is 46.0 Å². The summed E-state index contributed by atoms with van der Waals surface area (Å²) >= 11 is 3.04. The van der Waals surface area contributed by atoms with Crippen LogP contribution in [-0.2, 0) is 16.0 Å². The average Bonchev–Trinajstić information content (AvgIpc) is 3.40. The fourth-order valence-electron chi connectivity index (χ4n) is 3.01. The van der Waals surface area contributed by atoms with Gasteiger partial charge in [0.25, 0.3) is 0 Å². The van der Waals surface area contributed by atoms with E-state index < -0.39 is 0 Å². The highest BCUT2D eigenvalue weighted by molar-refractivity contribution is 7.14. The number of ketones is 2. The molecule has 1 aromatic carbocycles. The zero-order valence-corrected chi connectivity index (χ0v) is 19.4. The van der Waals surface area contributed by atoms with Crippen molar-refractivity contribution in [3.05, 3.63) is 62.8 Å². The first kappa shape index (κ1) is 23.0. The Labute approximate surface area is 190 Å². The number of aromatic nitrogens is 1. The summed E-state index contributed by atoms with van der Waals surface area (Å²) in [5.74, 6) is -0.217. The van der Waals surface area contributed by atoms with E-state index in [-0.39, 0.29) is 43.2 Å². The molecule has 0 aliphatic heterocycles. The molecule has 1 amide bonds. The molecular weight excluding hydrogens is 428 g/mol. The van der Waals surface area contributed by atoms with E-state index in [1.807, 2.05) is 18.4 Å². The van der Waals surface area contributed by atoms with Crippen LogP contribution in [0.2, 0.25) is 0 Å². The third-order valence-corrected chi connectivity index (χ3v) is 6.81. The summed E-state index contributed by atoms with van der Waals surface area (Å²) < 4.78 is 0. The van der Waals surface area contributed by atoms with Gasteiger partial charge in [0.2, 0.25) is 5.91 Å². The highest BCUT2D eigenvalue weighted by atomic mass is 32.1. The van der Waals surface area contributed by atoms with Crippen LogP contribution >= 0.6 is 22.7 Å². The molecule has 7 heteroatoms. The minimum Gasteiger partial charge on any atom is -0.356 e. The molecule has 0 bridgehead atoms. The van der Waals surface area contributed by atoms with Crippen molar-refractivity contribution >= 4 is 40.1 Å². The third kappa shape index (κ3) is 7.22. The Morgan fingerprint density at radius 3 is 2.39 bits per heavy atom. The Morgan fingerprint density at radius 1 is 0.935 bits per heavy atom. The second-order valence-corrected chi connectivity index (χ2v) is 9.63. The maximum atomic E-state index is 12.1. The van der Waals surface area contributed by atoms with Gasteiger partial charge in [-0.1, -0.05) is 29.8 Å². The van der Waals surface area contributed by atoms with Crippen molar-refractivity contribution in [3.63, 3.8) is 0 Å². The van der Waals surface area contributed by atoms with Gasteiger partial charge in [-0.05, 0) is 26.0 Å². The summed E-state index contributed by atoms with van der Waals surface area (Å²) in [6.45, 7) is 4.49. The van der Waals surface area contributed by atoms with E-state index in [9.17, 15) is 14.4 Å². The van der Waals surface area contributed by atoms with Gasteiger partial charge in [-0.3, -0.25) is 14.4 Å². The van der Waals surface area contributed by atoms with Crippen LogP contribution in [0.4, 0.5) is 0 Å². The van der Waals surface area contributed by atoms with E-state index in [0.29, 0.717) is 17.8 Å². The number of aryl methyl sites for hydroxylation is 2. The van der Waals surface area contributed by atoms with E-state index >= 15 is 0 Å². The predicted molar refractivity (Wildman–Crippen MR) is 126 cm³/mol.